The number of hydrogen-bond acceptors (Lipinski definition) is 3. The van der Waals surface area contributed by atoms with Crippen molar-refractivity contribution < 1.29 is 19.4 Å². The van der Waals surface area contributed by atoms with Gasteiger partial charge in [-0.25, -0.2) is 0 Å². The Labute approximate surface area is 94.3 Å². The maximum atomic E-state index is 11.8. The fourth-order valence-corrected chi connectivity index (χ4v) is 2.78. The van der Waals surface area contributed by atoms with Crippen molar-refractivity contribution >= 4 is 11.9 Å². The van der Waals surface area contributed by atoms with E-state index in [-0.39, 0.29) is 17.8 Å². The van der Waals surface area contributed by atoms with Crippen LogP contribution < -0.4 is 0 Å². The minimum absolute atomic E-state index is 0.0154. The Balaban J connectivity index is 2.10. The minimum Gasteiger partial charge on any atom is -0.481 e. The van der Waals surface area contributed by atoms with Crippen molar-refractivity contribution in [3.05, 3.63) is 12.2 Å². The molecule has 4 nitrogen and oxygen atoms in total. The zero-order valence-electron chi connectivity index (χ0n) is 9.26. The van der Waals surface area contributed by atoms with E-state index >= 15 is 0 Å². The van der Waals surface area contributed by atoms with Gasteiger partial charge in [0.15, 0.2) is 0 Å². The molecule has 0 unspecified atom stereocenters. The first-order valence-electron chi connectivity index (χ1n) is 5.73. The van der Waals surface area contributed by atoms with E-state index in [2.05, 4.69) is 0 Å². The van der Waals surface area contributed by atoms with Crippen LogP contribution in [0.5, 0.6) is 0 Å². The molecule has 1 fully saturated rings. The summed E-state index contributed by atoms with van der Waals surface area (Å²) in [5.74, 6) is -2.20. The Morgan fingerprint density at radius 1 is 1.31 bits per heavy atom. The van der Waals surface area contributed by atoms with Gasteiger partial charge in [-0.2, -0.15) is 0 Å². The molecule has 2 aliphatic rings. The third-order valence-electron chi connectivity index (χ3n) is 3.47. The van der Waals surface area contributed by atoms with Crippen LogP contribution in [0.3, 0.4) is 0 Å². The second-order valence-corrected chi connectivity index (χ2v) is 4.51. The SMILES string of the molecule is CCCOC(=O)[C@@H]1[C@@H](C(=O)O)[C@H]2C=C[C@@H]1C2. The van der Waals surface area contributed by atoms with E-state index in [9.17, 15) is 9.59 Å². The molecule has 0 spiro atoms. The van der Waals surface area contributed by atoms with Gasteiger partial charge in [0.2, 0.25) is 0 Å². The molecule has 4 heteroatoms. The van der Waals surface area contributed by atoms with Gasteiger partial charge in [-0.15, -0.1) is 0 Å². The largest absolute Gasteiger partial charge is 0.481 e. The summed E-state index contributed by atoms with van der Waals surface area (Å²) in [4.78, 5) is 22.9. The number of fused-ring (bicyclic) bond motifs is 2. The van der Waals surface area contributed by atoms with Crippen molar-refractivity contribution in [3.63, 3.8) is 0 Å². The minimum atomic E-state index is -0.879. The van der Waals surface area contributed by atoms with E-state index in [0.29, 0.717) is 6.61 Å². The summed E-state index contributed by atoms with van der Waals surface area (Å²) >= 11 is 0. The Morgan fingerprint density at radius 3 is 2.50 bits per heavy atom. The lowest BCUT2D eigenvalue weighted by molar-refractivity contribution is -0.158. The molecule has 0 amide bonds. The monoisotopic (exact) mass is 224 g/mol. The number of hydrogen-bond donors (Lipinski definition) is 1. The average Bonchev–Trinajstić information content (AvgIpc) is 2.84. The molecule has 0 aromatic heterocycles. The highest BCUT2D eigenvalue weighted by Gasteiger charge is 2.52. The number of allylic oxidation sites excluding steroid dienone is 2. The lowest BCUT2D eigenvalue weighted by Crippen LogP contribution is -2.34. The van der Waals surface area contributed by atoms with Crippen molar-refractivity contribution in [3.8, 4) is 0 Å². The van der Waals surface area contributed by atoms with Gasteiger partial charge in [-0.05, 0) is 24.7 Å². The quantitative estimate of drug-likeness (QED) is 0.580. The molecule has 0 aromatic rings. The predicted octanol–water partition coefficient (Wildman–Crippen LogP) is 1.46. The second kappa shape index (κ2) is 4.28. The molecule has 16 heavy (non-hydrogen) atoms. The Bertz CT molecular complexity index is 334. The van der Waals surface area contributed by atoms with Gasteiger partial charge in [0.1, 0.15) is 0 Å². The van der Waals surface area contributed by atoms with Crippen LogP contribution in [0.4, 0.5) is 0 Å². The van der Waals surface area contributed by atoms with Crippen molar-refractivity contribution in [2.45, 2.75) is 19.8 Å². The van der Waals surface area contributed by atoms with Crippen LogP contribution in [0.1, 0.15) is 19.8 Å². The van der Waals surface area contributed by atoms with Gasteiger partial charge in [-0.1, -0.05) is 19.1 Å². The fraction of sp³-hybridized carbons (Fsp3) is 0.667. The maximum absolute atomic E-state index is 11.8. The summed E-state index contributed by atoms with van der Waals surface area (Å²) in [6.45, 7) is 2.30. The molecule has 0 aliphatic heterocycles. The number of esters is 1. The van der Waals surface area contributed by atoms with Gasteiger partial charge in [0.05, 0.1) is 18.4 Å². The van der Waals surface area contributed by atoms with E-state index in [1.54, 1.807) is 0 Å². The standard InChI is InChI=1S/C12H16O4/c1-2-5-16-12(15)10-8-4-3-7(6-8)9(10)11(13)14/h3-4,7-10H,2,5-6H2,1H3,(H,13,14)/t7-,8+,9-,10-/m0/s1. The zero-order valence-corrected chi connectivity index (χ0v) is 9.26. The number of carbonyl (C=O) groups is 2. The van der Waals surface area contributed by atoms with E-state index in [0.717, 1.165) is 12.8 Å². The summed E-state index contributed by atoms with van der Waals surface area (Å²) in [6, 6.07) is 0. The molecule has 0 radical (unpaired) electrons. The Morgan fingerprint density at radius 2 is 1.94 bits per heavy atom. The Kier molecular flexibility index (Phi) is 2.99. The van der Waals surface area contributed by atoms with Crippen LogP contribution in [0, 0.1) is 23.7 Å². The maximum Gasteiger partial charge on any atom is 0.310 e. The second-order valence-electron chi connectivity index (χ2n) is 4.51. The summed E-state index contributed by atoms with van der Waals surface area (Å²) in [5.41, 5.74) is 0. The molecule has 2 bridgehead atoms. The van der Waals surface area contributed by atoms with Crippen molar-refractivity contribution in [1.82, 2.24) is 0 Å². The highest BCUT2D eigenvalue weighted by atomic mass is 16.5. The van der Waals surface area contributed by atoms with E-state index < -0.39 is 17.8 Å². The first kappa shape index (κ1) is 11.2. The molecule has 2 rings (SSSR count). The average molecular weight is 224 g/mol. The molecule has 0 aromatic carbocycles. The summed E-state index contributed by atoms with van der Waals surface area (Å²) in [5, 5.41) is 9.14. The van der Waals surface area contributed by atoms with Crippen LogP contribution >= 0.6 is 0 Å². The van der Waals surface area contributed by atoms with E-state index in [1.165, 1.54) is 0 Å². The summed E-state index contributed by atoms with van der Waals surface area (Å²) in [6.07, 6.45) is 5.43. The molecule has 88 valence electrons. The normalized spacial score (nSPS) is 35.3. The number of carbonyl (C=O) groups excluding carboxylic acids is 1. The molecule has 1 N–H and O–H groups in total. The lowest BCUT2D eigenvalue weighted by atomic mass is 9.83. The molecular formula is C12H16O4. The van der Waals surface area contributed by atoms with Gasteiger partial charge >= 0.3 is 11.9 Å². The highest BCUT2D eigenvalue weighted by Crippen LogP contribution is 2.48. The van der Waals surface area contributed by atoms with Gasteiger partial charge in [-0.3, -0.25) is 9.59 Å². The molecule has 4 atom stereocenters. The lowest BCUT2D eigenvalue weighted by Gasteiger charge is -2.22. The van der Waals surface area contributed by atoms with Crippen molar-refractivity contribution in [1.29, 1.82) is 0 Å². The zero-order chi connectivity index (χ0) is 11.7. The molecule has 2 aliphatic carbocycles. The highest BCUT2D eigenvalue weighted by molar-refractivity contribution is 5.83. The van der Waals surface area contributed by atoms with E-state index in [1.807, 2.05) is 19.1 Å². The van der Waals surface area contributed by atoms with Crippen molar-refractivity contribution in [2.75, 3.05) is 6.61 Å². The van der Waals surface area contributed by atoms with Crippen LogP contribution in [0.15, 0.2) is 12.2 Å². The molecule has 0 heterocycles. The topological polar surface area (TPSA) is 63.6 Å². The smallest absolute Gasteiger partial charge is 0.310 e. The van der Waals surface area contributed by atoms with E-state index in [4.69, 9.17) is 9.84 Å². The molecule has 1 saturated carbocycles. The summed E-state index contributed by atoms with van der Waals surface area (Å²) < 4.78 is 5.07. The van der Waals surface area contributed by atoms with Crippen LogP contribution in [0.25, 0.3) is 0 Å². The number of rotatable bonds is 4. The van der Waals surface area contributed by atoms with Crippen LogP contribution in [-0.4, -0.2) is 23.7 Å². The predicted molar refractivity (Wildman–Crippen MR) is 56.6 cm³/mol. The molecule has 0 saturated heterocycles. The number of carboxylic acid groups (broad SMARTS) is 1. The number of aliphatic carboxylic acids is 1. The van der Waals surface area contributed by atoms with Gasteiger partial charge in [0, 0.05) is 0 Å². The molecular weight excluding hydrogens is 208 g/mol. The first-order valence-corrected chi connectivity index (χ1v) is 5.73. The number of ether oxygens (including phenoxy) is 1. The van der Waals surface area contributed by atoms with Crippen LogP contribution in [0.2, 0.25) is 0 Å². The van der Waals surface area contributed by atoms with Gasteiger partial charge < -0.3 is 9.84 Å². The Hall–Kier alpha value is -1.32. The number of carboxylic acids is 1. The first-order chi connectivity index (χ1) is 7.65. The van der Waals surface area contributed by atoms with Gasteiger partial charge in [0.25, 0.3) is 0 Å². The summed E-state index contributed by atoms with van der Waals surface area (Å²) in [7, 11) is 0. The van der Waals surface area contributed by atoms with Crippen molar-refractivity contribution in [2.24, 2.45) is 23.7 Å². The fourth-order valence-electron chi connectivity index (χ4n) is 2.78. The van der Waals surface area contributed by atoms with Crippen LogP contribution in [-0.2, 0) is 14.3 Å². The third-order valence-corrected chi connectivity index (χ3v) is 3.47. The third kappa shape index (κ3) is 1.72.